The molecule has 3 N–H and O–H groups in total. The van der Waals surface area contributed by atoms with Crippen molar-refractivity contribution >= 4 is 35.4 Å². The third kappa shape index (κ3) is 2.50. The second-order valence-corrected chi connectivity index (χ2v) is 6.99. The molecule has 118 valence electrons. The van der Waals surface area contributed by atoms with Crippen LogP contribution in [0.25, 0.3) is 0 Å². The number of carbonyl (C=O) groups is 2. The third-order valence-corrected chi connectivity index (χ3v) is 5.86. The Morgan fingerprint density at radius 1 is 1.64 bits per heavy atom. The number of carboxylic acids is 1. The Labute approximate surface area is 135 Å². The first-order valence-electron chi connectivity index (χ1n) is 6.71. The van der Waals surface area contributed by atoms with E-state index >= 15 is 0 Å². The highest BCUT2D eigenvalue weighted by molar-refractivity contribution is 8.01. The van der Waals surface area contributed by atoms with Crippen molar-refractivity contribution in [2.75, 3.05) is 11.5 Å². The SMILES string of the molecule is CCn1cc(SCC2=C(C(=O)O)N3C(=O)C(N)C3SC2)nn1. The highest BCUT2D eigenvalue weighted by Crippen LogP contribution is 2.40. The van der Waals surface area contributed by atoms with Gasteiger partial charge in [0, 0.05) is 18.1 Å². The molecular weight excluding hydrogens is 326 g/mol. The van der Waals surface area contributed by atoms with Crippen molar-refractivity contribution in [3.8, 4) is 0 Å². The van der Waals surface area contributed by atoms with Crippen LogP contribution in [0, 0.1) is 0 Å². The van der Waals surface area contributed by atoms with Crippen molar-refractivity contribution in [3.05, 3.63) is 17.5 Å². The van der Waals surface area contributed by atoms with Gasteiger partial charge in [-0.3, -0.25) is 14.4 Å². The minimum Gasteiger partial charge on any atom is -0.477 e. The van der Waals surface area contributed by atoms with Crippen LogP contribution in [0.2, 0.25) is 0 Å². The number of rotatable bonds is 5. The molecule has 0 saturated carbocycles. The molecule has 2 unspecified atom stereocenters. The lowest BCUT2D eigenvalue weighted by molar-refractivity contribution is -0.147. The molecule has 8 nitrogen and oxygen atoms in total. The fourth-order valence-corrected chi connectivity index (χ4v) is 4.63. The lowest BCUT2D eigenvalue weighted by Crippen LogP contribution is -2.68. The molecule has 3 rings (SSSR count). The van der Waals surface area contributed by atoms with Gasteiger partial charge in [-0.2, -0.15) is 0 Å². The molecule has 0 bridgehead atoms. The van der Waals surface area contributed by atoms with Gasteiger partial charge in [0.2, 0.25) is 5.91 Å². The van der Waals surface area contributed by atoms with Crippen molar-refractivity contribution in [2.45, 2.75) is 29.9 Å². The van der Waals surface area contributed by atoms with Gasteiger partial charge in [-0.15, -0.1) is 16.9 Å². The maximum absolute atomic E-state index is 11.8. The summed E-state index contributed by atoms with van der Waals surface area (Å²) in [7, 11) is 0. The van der Waals surface area contributed by atoms with Gasteiger partial charge in [-0.1, -0.05) is 17.0 Å². The van der Waals surface area contributed by atoms with E-state index in [1.165, 1.54) is 28.4 Å². The number of β-lactam (4-membered cyclic amide) rings is 1. The Morgan fingerprint density at radius 3 is 3.05 bits per heavy atom. The van der Waals surface area contributed by atoms with Gasteiger partial charge in [0.1, 0.15) is 22.1 Å². The van der Waals surface area contributed by atoms with Crippen LogP contribution in [0.3, 0.4) is 0 Å². The number of aryl methyl sites for hydroxylation is 1. The first-order chi connectivity index (χ1) is 10.5. The maximum atomic E-state index is 11.8. The van der Waals surface area contributed by atoms with Crippen molar-refractivity contribution in [1.29, 1.82) is 0 Å². The number of fused-ring (bicyclic) bond motifs is 1. The molecule has 2 aliphatic heterocycles. The van der Waals surface area contributed by atoms with E-state index in [1.807, 2.05) is 13.1 Å². The summed E-state index contributed by atoms with van der Waals surface area (Å²) in [6.07, 6.45) is 1.81. The van der Waals surface area contributed by atoms with E-state index in [1.54, 1.807) is 4.68 Å². The zero-order valence-corrected chi connectivity index (χ0v) is 13.4. The molecular formula is C12H15N5O3S2. The van der Waals surface area contributed by atoms with Crippen molar-refractivity contribution in [2.24, 2.45) is 5.73 Å². The smallest absolute Gasteiger partial charge is 0.352 e. The van der Waals surface area contributed by atoms with Gasteiger partial charge >= 0.3 is 5.97 Å². The number of carbonyl (C=O) groups excluding carboxylic acids is 1. The molecule has 2 atom stereocenters. The second kappa shape index (κ2) is 5.94. The predicted octanol–water partition coefficient (Wildman–Crippen LogP) is -0.0288. The van der Waals surface area contributed by atoms with Crippen LogP contribution < -0.4 is 5.73 Å². The number of thioether (sulfide) groups is 2. The topological polar surface area (TPSA) is 114 Å². The minimum absolute atomic E-state index is 0.0748. The molecule has 0 radical (unpaired) electrons. The summed E-state index contributed by atoms with van der Waals surface area (Å²) >= 11 is 2.92. The average Bonchev–Trinajstić information content (AvgIpc) is 2.99. The molecule has 1 fully saturated rings. The summed E-state index contributed by atoms with van der Waals surface area (Å²) in [5.41, 5.74) is 6.50. The zero-order chi connectivity index (χ0) is 15.9. The Bertz CT molecular complexity index is 659. The van der Waals surface area contributed by atoms with Crippen molar-refractivity contribution in [3.63, 3.8) is 0 Å². The van der Waals surface area contributed by atoms with Gasteiger partial charge in [-0.25, -0.2) is 4.79 Å². The molecule has 22 heavy (non-hydrogen) atoms. The molecule has 0 aromatic carbocycles. The largest absolute Gasteiger partial charge is 0.477 e. The van der Waals surface area contributed by atoms with E-state index in [0.717, 1.165) is 11.6 Å². The zero-order valence-electron chi connectivity index (χ0n) is 11.8. The molecule has 0 aliphatic carbocycles. The fourth-order valence-electron chi connectivity index (χ4n) is 2.35. The third-order valence-electron chi connectivity index (χ3n) is 3.53. The van der Waals surface area contributed by atoms with E-state index in [-0.39, 0.29) is 17.0 Å². The molecule has 1 saturated heterocycles. The van der Waals surface area contributed by atoms with E-state index in [0.29, 0.717) is 17.1 Å². The van der Waals surface area contributed by atoms with Gasteiger partial charge in [0.25, 0.3) is 0 Å². The predicted molar refractivity (Wildman–Crippen MR) is 82.1 cm³/mol. The monoisotopic (exact) mass is 341 g/mol. The van der Waals surface area contributed by atoms with Crippen LogP contribution in [-0.2, 0) is 16.1 Å². The first-order valence-corrected chi connectivity index (χ1v) is 8.75. The summed E-state index contributed by atoms with van der Waals surface area (Å²) in [5.74, 6) is -0.394. The molecule has 1 aromatic rings. The molecule has 1 amide bonds. The molecule has 3 heterocycles. The standard InChI is InChI=1S/C12H15N5O3S2/c1-2-16-3-7(14-15-16)21-4-6-5-22-11-8(13)10(18)17(11)9(6)12(19)20/h3,8,11H,2,4-5,13H2,1H3,(H,19,20). The lowest BCUT2D eigenvalue weighted by Gasteiger charge is -2.48. The summed E-state index contributed by atoms with van der Waals surface area (Å²) < 4.78 is 1.71. The number of carboxylic acid groups (broad SMARTS) is 1. The van der Waals surface area contributed by atoms with E-state index < -0.39 is 12.0 Å². The van der Waals surface area contributed by atoms with Crippen LogP contribution >= 0.6 is 23.5 Å². The maximum Gasteiger partial charge on any atom is 0.352 e. The first kappa shape index (κ1) is 15.4. The van der Waals surface area contributed by atoms with Crippen LogP contribution in [-0.4, -0.2) is 59.8 Å². The summed E-state index contributed by atoms with van der Waals surface area (Å²) in [6.45, 7) is 2.69. The molecule has 2 aliphatic rings. The summed E-state index contributed by atoms with van der Waals surface area (Å²) in [4.78, 5) is 24.7. The Morgan fingerprint density at radius 2 is 2.41 bits per heavy atom. The number of hydrogen-bond donors (Lipinski definition) is 2. The summed E-state index contributed by atoms with van der Waals surface area (Å²) in [5, 5.41) is 17.9. The quantitative estimate of drug-likeness (QED) is 0.567. The Hall–Kier alpha value is -1.52. The summed E-state index contributed by atoms with van der Waals surface area (Å²) in [6, 6.07) is -0.599. The average molecular weight is 341 g/mol. The number of aromatic nitrogens is 3. The fraction of sp³-hybridized carbons (Fsp3) is 0.500. The van der Waals surface area contributed by atoms with Crippen LogP contribution in [0.1, 0.15) is 6.92 Å². The second-order valence-electron chi connectivity index (χ2n) is 4.89. The minimum atomic E-state index is -1.08. The number of nitrogens with two attached hydrogens (primary N) is 1. The Kier molecular flexibility index (Phi) is 4.15. The lowest BCUT2D eigenvalue weighted by atomic mass is 10.0. The van der Waals surface area contributed by atoms with E-state index in [9.17, 15) is 14.7 Å². The molecule has 10 heteroatoms. The van der Waals surface area contributed by atoms with Crippen LogP contribution in [0.4, 0.5) is 0 Å². The Balaban J connectivity index is 1.78. The van der Waals surface area contributed by atoms with Crippen molar-refractivity contribution in [1.82, 2.24) is 19.9 Å². The van der Waals surface area contributed by atoms with Crippen LogP contribution in [0.15, 0.2) is 22.5 Å². The van der Waals surface area contributed by atoms with Gasteiger partial charge in [0.15, 0.2) is 0 Å². The highest BCUT2D eigenvalue weighted by atomic mass is 32.2. The number of hydrogen-bond acceptors (Lipinski definition) is 7. The number of nitrogens with zero attached hydrogens (tertiary/aromatic N) is 4. The molecule has 1 aromatic heterocycles. The molecule has 0 spiro atoms. The van der Waals surface area contributed by atoms with E-state index in [2.05, 4.69) is 10.3 Å². The van der Waals surface area contributed by atoms with E-state index in [4.69, 9.17) is 5.73 Å². The number of aliphatic carboxylic acids is 1. The van der Waals surface area contributed by atoms with Gasteiger partial charge < -0.3 is 10.8 Å². The normalized spacial score (nSPS) is 24.3. The van der Waals surface area contributed by atoms with Gasteiger partial charge in [0.05, 0.1) is 6.20 Å². The van der Waals surface area contributed by atoms with Crippen molar-refractivity contribution < 1.29 is 14.7 Å². The number of amides is 1. The highest BCUT2D eigenvalue weighted by Gasteiger charge is 2.51. The van der Waals surface area contributed by atoms with Gasteiger partial charge in [-0.05, 0) is 12.5 Å². The van der Waals surface area contributed by atoms with Crippen LogP contribution in [0.5, 0.6) is 0 Å².